The number of thiazole rings is 3. The van der Waals surface area contributed by atoms with Gasteiger partial charge in [-0.2, -0.15) is 0 Å². The van der Waals surface area contributed by atoms with Gasteiger partial charge in [-0.15, -0.1) is 34.0 Å². The number of nitrogens with zero attached hydrogens (tertiary/aromatic N) is 13. The lowest BCUT2D eigenvalue weighted by atomic mass is 10.2. The van der Waals surface area contributed by atoms with Crippen LogP contribution in [-0.2, 0) is 39.3 Å². The summed E-state index contributed by atoms with van der Waals surface area (Å²) in [7, 11) is 10.2. The van der Waals surface area contributed by atoms with Crippen molar-refractivity contribution in [3.8, 4) is 5.75 Å². The molecule has 7 heterocycles. The van der Waals surface area contributed by atoms with E-state index in [0.717, 1.165) is 115 Å². The molecular formula is C60H65N13OS3. The molecule has 0 unspecified atom stereocenters. The number of aromatic nitrogens is 7. The molecule has 394 valence electrons. The molecule has 0 amide bonds. The van der Waals surface area contributed by atoms with Crippen LogP contribution in [0.5, 0.6) is 5.75 Å². The summed E-state index contributed by atoms with van der Waals surface area (Å²) in [6, 6.07) is 46.5. The highest BCUT2D eigenvalue weighted by Crippen LogP contribution is 2.25. The molecule has 7 aromatic heterocycles. The van der Waals surface area contributed by atoms with Crippen LogP contribution < -0.4 is 4.74 Å². The van der Waals surface area contributed by atoms with Crippen molar-refractivity contribution in [3.63, 3.8) is 0 Å². The zero-order valence-electron chi connectivity index (χ0n) is 45.0. The molecule has 0 saturated heterocycles. The van der Waals surface area contributed by atoms with Crippen LogP contribution >= 0.6 is 34.0 Å². The van der Waals surface area contributed by atoms with Gasteiger partial charge in [0.15, 0.2) is 0 Å². The number of rotatable bonds is 19. The highest BCUT2D eigenvalue weighted by Gasteiger charge is 2.10. The maximum Gasteiger partial charge on any atom is 0.123 e. The van der Waals surface area contributed by atoms with E-state index in [0.29, 0.717) is 26.2 Å². The van der Waals surface area contributed by atoms with E-state index in [9.17, 15) is 0 Å². The third-order valence-electron chi connectivity index (χ3n) is 11.7. The minimum Gasteiger partial charge on any atom is -0.492 e. The minimum atomic E-state index is 0.568. The lowest BCUT2D eigenvalue weighted by Gasteiger charge is -2.16. The van der Waals surface area contributed by atoms with Crippen LogP contribution in [0.15, 0.2) is 167 Å². The number of aliphatic imine (C=N–C) groups is 3. The monoisotopic (exact) mass is 1080 g/mol. The number of fused-ring (bicyclic) bond motifs is 3. The third kappa shape index (κ3) is 17.3. The van der Waals surface area contributed by atoms with E-state index in [1.165, 1.54) is 14.1 Å². The maximum atomic E-state index is 5.76. The predicted molar refractivity (Wildman–Crippen MR) is 320 cm³/mol. The first kappa shape index (κ1) is 55.8. The number of likely N-dealkylation sites (N-methyl/N-ethyl adjacent to an activating group) is 1. The molecule has 3 aromatic carbocycles. The molecule has 0 aliphatic heterocycles. The summed E-state index contributed by atoms with van der Waals surface area (Å²) in [6.45, 7) is 11.7. The van der Waals surface area contributed by atoms with Crippen LogP contribution in [0, 0.1) is 0 Å². The van der Waals surface area contributed by atoms with Gasteiger partial charge in [0, 0.05) is 44.6 Å². The number of benzene rings is 3. The summed E-state index contributed by atoms with van der Waals surface area (Å²) in [5.74, 6) is 0.821. The van der Waals surface area contributed by atoms with E-state index in [-0.39, 0.29) is 0 Å². The second-order valence-electron chi connectivity index (χ2n) is 18.7. The van der Waals surface area contributed by atoms with E-state index >= 15 is 0 Å². The normalized spacial score (nSPS) is 12.1. The second-order valence-corrected chi connectivity index (χ2v) is 22.1. The quantitative estimate of drug-likeness (QED) is 0.0713. The van der Waals surface area contributed by atoms with Gasteiger partial charge in [-0.05, 0) is 135 Å². The fourth-order valence-electron chi connectivity index (χ4n) is 7.77. The van der Waals surface area contributed by atoms with E-state index < -0.39 is 0 Å². The Hall–Kier alpha value is -7.38. The van der Waals surface area contributed by atoms with Crippen LogP contribution in [0.3, 0.4) is 0 Å². The Kier molecular flexibility index (Phi) is 20.4. The molecule has 0 spiro atoms. The molecule has 0 atom stereocenters. The maximum absolute atomic E-state index is 5.76. The van der Waals surface area contributed by atoms with Gasteiger partial charge in [0.2, 0.25) is 0 Å². The van der Waals surface area contributed by atoms with Crippen molar-refractivity contribution in [1.29, 1.82) is 0 Å². The highest BCUT2D eigenvalue weighted by molar-refractivity contribution is 7.19. The van der Waals surface area contributed by atoms with Gasteiger partial charge in [-0.1, -0.05) is 54.6 Å². The number of hydrogen-bond acceptors (Lipinski definition) is 17. The van der Waals surface area contributed by atoms with Crippen molar-refractivity contribution in [2.24, 2.45) is 15.0 Å². The van der Waals surface area contributed by atoms with E-state index in [2.05, 4.69) is 85.9 Å². The van der Waals surface area contributed by atoms with Crippen molar-refractivity contribution >= 4 is 81.8 Å². The molecule has 0 N–H and O–H groups in total. The van der Waals surface area contributed by atoms with Gasteiger partial charge in [0.05, 0.1) is 102 Å². The zero-order valence-corrected chi connectivity index (χ0v) is 47.5. The standard InChI is InChI=1S/C23H23N5S.C19H22N4OS.C18H20N4S/c1-17(25-14-23-27-21-10-3-4-12-22(21)29-23)20-11-7-9-19(26-20)16-28(2)15-18-8-5-6-13-24-18;1-14(17-12-15(8-9-20-17)24-11-10-23(2)3)21-13-19-22-16-6-4-5-7-18(16)25-19;1-13(15-9-6-7-14(20-15)12-22(2)3)19-11-18-21-16-8-4-5-10-17(16)23-18/h3-13H,14-16H2,1-2H3;4-9,12H,10-11,13H2,1-3H3;4-10H,11-12H2,1-3H3. The molecule has 77 heavy (non-hydrogen) atoms. The van der Waals surface area contributed by atoms with Crippen molar-refractivity contribution < 1.29 is 4.74 Å². The smallest absolute Gasteiger partial charge is 0.123 e. The van der Waals surface area contributed by atoms with Gasteiger partial charge in [-0.3, -0.25) is 39.8 Å². The Morgan fingerprint density at radius 1 is 0.442 bits per heavy atom. The first-order valence-electron chi connectivity index (χ1n) is 25.4. The molecule has 0 saturated carbocycles. The lowest BCUT2D eigenvalue weighted by molar-refractivity contribution is 0.261. The van der Waals surface area contributed by atoms with Crippen molar-refractivity contribution in [3.05, 3.63) is 201 Å². The molecule has 10 aromatic rings. The first-order valence-corrected chi connectivity index (χ1v) is 27.8. The molecule has 0 aliphatic rings. The van der Waals surface area contributed by atoms with Gasteiger partial charge >= 0.3 is 0 Å². The lowest BCUT2D eigenvalue weighted by Crippen LogP contribution is -2.19. The van der Waals surface area contributed by atoms with E-state index in [1.54, 1.807) is 40.2 Å². The molecule has 0 aliphatic carbocycles. The highest BCUT2D eigenvalue weighted by atomic mass is 32.1. The minimum absolute atomic E-state index is 0.568. The summed E-state index contributed by atoms with van der Waals surface area (Å²) in [5.41, 5.74) is 11.7. The van der Waals surface area contributed by atoms with Crippen LogP contribution in [0.4, 0.5) is 0 Å². The summed E-state index contributed by atoms with van der Waals surface area (Å²) < 4.78 is 9.37. The summed E-state index contributed by atoms with van der Waals surface area (Å²) >= 11 is 5.08. The number of pyridine rings is 4. The zero-order chi connectivity index (χ0) is 53.9. The molecule has 0 radical (unpaired) electrons. The van der Waals surface area contributed by atoms with Crippen molar-refractivity contribution in [1.82, 2.24) is 49.6 Å². The Labute approximate surface area is 463 Å². The second kappa shape index (κ2) is 28.1. The average Bonchev–Trinajstić information content (AvgIpc) is 4.18. The van der Waals surface area contributed by atoms with Crippen LogP contribution in [0.2, 0.25) is 0 Å². The first-order chi connectivity index (χ1) is 37.4. The van der Waals surface area contributed by atoms with Crippen LogP contribution in [0.1, 0.15) is 70.0 Å². The molecule has 14 nitrogen and oxygen atoms in total. The average molecular weight is 1080 g/mol. The topological polar surface area (TPSA) is 146 Å². The van der Waals surface area contributed by atoms with Crippen molar-refractivity contribution in [2.45, 2.75) is 60.0 Å². The fraction of sp³-hybridized carbons (Fsp3) is 0.267. The summed E-state index contributed by atoms with van der Waals surface area (Å²) in [6.07, 6.45) is 3.59. The molecule has 0 fully saturated rings. The molecule has 10 rings (SSSR count). The number of para-hydroxylation sites is 3. The van der Waals surface area contributed by atoms with Crippen LogP contribution in [0.25, 0.3) is 30.6 Å². The van der Waals surface area contributed by atoms with Gasteiger partial charge < -0.3 is 14.5 Å². The fourth-order valence-corrected chi connectivity index (χ4v) is 10.4. The molecular weight excluding hydrogens is 1010 g/mol. The molecule has 17 heteroatoms. The Morgan fingerprint density at radius 2 is 0.896 bits per heavy atom. The summed E-state index contributed by atoms with van der Waals surface area (Å²) in [5, 5.41) is 3.07. The van der Waals surface area contributed by atoms with Gasteiger partial charge in [-0.25, -0.2) is 15.0 Å². The van der Waals surface area contributed by atoms with E-state index in [1.807, 2.05) is 170 Å². The van der Waals surface area contributed by atoms with Crippen molar-refractivity contribution in [2.75, 3.05) is 48.4 Å². The number of ether oxygens (including phenoxy) is 1. The Bertz CT molecular complexity index is 3470. The molecule has 0 bridgehead atoms. The Morgan fingerprint density at radius 3 is 1.36 bits per heavy atom. The van der Waals surface area contributed by atoms with Gasteiger partial charge in [0.1, 0.15) is 27.4 Å². The third-order valence-corrected chi connectivity index (χ3v) is 14.8. The largest absolute Gasteiger partial charge is 0.492 e. The number of hydrogen-bond donors (Lipinski definition) is 0. The van der Waals surface area contributed by atoms with E-state index in [4.69, 9.17) is 14.7 Å². The van der Waals surface area contributed by atoms with Gasteiger partial charge in [0.25, 0.3) is 0 Å². The van der Waals surface area contributed by atoms with Crippen LogP contribution in [-0.4, -0.2) is 115 Å². The SMILES string of the molecule is CC(=NCc1nc2ccccc2s1)c1cc(OCCN(C)C)ccn1.CC(=NCc1nc2ccccc2s1)c1cccc(CN(C)C)n1.CC(=NCc1nc2ccccc2s1)c1cccc(CN(C)Cc2ccccn2)n1. The predicted octanol–water partition coefficient (Wildman–Crippen LogP) is 12.1. The summed E-state index contributed by atoms with van der Waals surface area (Å²) in [4.78, 5) is 52.6. The Balaban J connectivity index is 0.000000154.